The van der Waals surface area contributed by atoms with Gasteiger partial charge >= 0.3 is 6.09 Å². The summed E-state index contributed by atoms with van der Waals surface area (Å²) in [4.78, 5) is 19.5. The Morgan fingerprint density at radius 1 is 1.37 bits per heavy atom. The Kier molecular flexibility index (Phi) is 5.29. The molecule has 1 unspecified atom stereocenters. The molecule has 0 bridgehead atoms. The summed E-state index contributed by atoms with van der Waals surface area (Å²) in [5.41, 5.74) is 1.28. The Morgan fingerprint density at radius 3 is 2.59 bits per heavy atom. The summed E-state index contributed by atoms with van der Waals surface area (Å²) in [7, 11) is 0. The summed E-state index contributed by atoms with van der Waals surface area (Å²) < 4.78 is 6.04. The van der Waals surface area contributed by atoms with E-state index in [0.29, 0.717) is 17.5 Å². The molecule has 2 N–H and O–H groups in total. The molecule has 6 nitrogen and oxygen atoms in total. The highest BCUT2D eigenvalue weighted by Gasteiger charge is 2.54. The minimum Gasteiger partial charge on any atom is -0.491 e. The molecular weight excluding hydrogens is 366 g/mol. The van der Waals surface area contributed by atoms with Gasteiger partial charge in [-0.2, -0.15) is 0 Å². The summed E-state index contributed by atoms with van der Waals surface area (Å²) in [6, 6.07) is 5.39. The topological polar surface area (TPSA) is 84.3 Å². The molecule has 2 aromatic heterocycles. The van der Waals surface area contributed by atoms with Crippen molar-refractivity contribution in [2.75, 3.05) is 6.61 Å². The van der Waals surface area contributed by atoms with Crippen molar-refractivity contribution in [1.29, 1.82) is 0 Å². The van der Waals surface area contributed by atoms with E-state index in [1.165, 1.54) is 0 Å². The molecule has 0 aromatic carbocycles. The second-order valence-corrected chi connectivity index (χ2v) is 8.50. The molecule has 0 radical (unpaired) electrons. The van der Waals surface area contributed by atoms with Gasteiger partial charge in [-0.05, 0) is 42.0 Å². The van der Waals surface area contributed by atoms with E-state index in [1.807, 2.05) is 39.0 Å². The average molecular weight is 390 g/mol. The third-order valence-corrected chi connectivity index (χ3v) is 5.27. The van der Waals surface area contributed by atoms with Gasteiger partial charge in [-0.1, -0.05) is 32.4 Å². The van der Waals surface area contributed by atoms with E-state index in [2.05, 4.69) is 15.3 Å². The highest BCUT2D eigenvalue weighted by molar-refractivity contribution is 6.32. The molecule has 1 saturated carbocycles. The summed E-state index contributed by atoms with van der Waals surface area (Å²) in [6.07, 6.45) is 5.84. The van der Waals surface area contributed by atoms with Crippen molar-refractivity contribution < 1.29 is 14.6 Å². The van der Waals surface area contributed by atoms with Crippen molar-refractivity contribution in [1.82, 2.24) is 15.3 Å². The zero-order valence-corrected chi connectivity index (χ0v) is 16.5. The number of halogens is 1. The normalized spacial score (nSPS) is 16.4. The van der Waals surface area contributed by atoms with E-state index in [0.717, 1.165) is 24.0 Å². The fourth-order valence-electron chi connectivity index (χ4n) is 3.56. The Bertz CT molecular complexity index is 817. The standard InChI is InChI=1S/C20H24ClN3O3/c1-19(2,3)17(24-18(25)26)20(6-7-20)12-27-14-10-15(16(21)23-11-14)13-4-8-22-9-5-13/h4-5,8-11,17,24H,6-7,12H2,1-3H3,(H,25,26). The maximum absolute atomic E-state index is 11.3. The second-order valence-electron chi connectivity index (χ2n) is 8.14. The Hall–Kier alpha value is -2.34. The van der Waals surface area contributed by atoms with E-state index in [-0.39, 0.29) is 16.9 Å². The summed E-state index contributed by atoms with van der Waals surface area (Å²) in [5, 5.41) is 12.3. The summed E-state index contributed by atoms with van der Waals surface area (Å²) in [5.74, 6) is 0.612. The maximum atomic E-state index is 11.3. The van der Waals surface area contributed by atoms with Gasteiger partial charge in [0.2, 0.25) is 0 Å². The molecule has 0 saturated heterocycles. The fraction of sp³-hybridized carbons (Fsp3) is 0.450. The van der Waals surface area contributed by atoms with Crippen molar-refractivity contribution in [3.63, 3.8) is 0 Å². The monoisotopic (exact) mass is 389 g/mol. The van der Waals surface area contributed by atoms with Crippen LogP contribution in [0.5, 0.6) is 5.75 Å². The molecule has 2 heterocycles. The van der Waals surface area contributed by atoms with E-state index < -0.39 is 6.09 Å². The number of pyridine rings is 2. The number of amides is 1. The largest absolute Gasteiger partial charge is 0.491 e. The predicted octanol–water partition coefficient (Wildman–Crippen LogP) is 4.64. The SMILES string of the molecule is CC(C)(C)C(NC(=O)O)C1(COc2cnc(Cl)c(-c3ccncc3)c2)CC1. The Labute approximate surface area is 163 Å². The zero-order valence-electron chi connectivity index (χ0n) is 15.7. The highest BCUT2D eigenvalue weighted by Crippen LogP contribution is 2.53. The lowest BCUT2D eigenvalue weighted by Gasteiger charge is -2.37. The minimum absolute atomic E-state index is 0.192. The predicted molar refractivity (Wildman–Crippen MR) is 104 cm³/mol. The van der Waals surface area contributed by atoms with Gasteiger partial charge in [0.05, 0.1) is 12.8 Å². The number of nitrogens with one attached hydrogen (secondary N) is 1. The first kappa shape index (κ1) is 19.4. The van der Waals surface area contributed by atoms with Crippen LogP contribution >= 0.6 is 11.6 Å². The van der Waals surface area contributed by atoms with Crippen LogP contribution in [-0.4, -0.2) is 33.8 Å². The van der Waals surface area contributed by atoms with Crippen LogP contribution in [0.2, 0.25) is 5.15 Å². The Balaban J connectivity index is 1.77. The lowest BCUT2D eigenvalue weighted by molar-refractivity contribution is 0.111. The number of nitrogens with zero attached hydrogens (tertiary/aromatic N) is 2. The number of aromatic nitrogens is 2. The summed E-state index contributed by atoms with van der Waals surface area (Å²) in [6.45, 7) is 6.55. The van der Waals surface area contributed by atoms with Gasteiger partial charge in [0.25, 0.3) is 0 Å². The molecule has 3 rings (SSSR count). The van der Waals surface area contributed by atoms with Crippen LogP contribution in [0.4, 0.5) is 4.79 Å². The van der Waals surface area contributed by atoms with Crippen molar-refractivity contribution in [2.24, 2.45) is 10.8 Å². The summed E-state index contributed by atoms with van der Waals surface area (Å²) >= 11 is 6.24. The zero-order chi connectivity index (χ0) is 19.7. The van der Waals surface area contributed by atoms with Crippen LogP contribution in [-0.2, 0) is 0 Å². The lowest BCUT2D eigenvalue weighted by Crippen LogP contribution is -2.51. The van der Waals surface area contributed by atoms with Gasteiger partial charge in [0, 0.05) is 29.4 Å². The number of hydrogen-bond donors (Lipinski definition) is 2. The number of hydrogen-bond acceptors (Lipinski definition) is 4. The van der Waals surface area contributed by atoms with Crippen LogP contribution < -0.4 is 10.1 Å². The molecule has 0 spiro atoms. The van der Waals surface area contributed by atoms with Gasteiger partial charge in [-0.25, -0.2) is 9.78 Å². The van der Waals surface area contributed by atoms with Gasteiger partial charge in [-0.3, -0.25) is 4.98 Å². The molecule has 0 aliphatic heterocycles. The van der Waals surface area contributed by atoms with Crippen molar-refractivity contribution in [3.8, 4) is 16.9 Å². The molecule has 1 atom stereocenters. The number of rotatable bonds is 6. The first-order valence-electron chi connectivity index (χ1n) is 8.89. The molecule has 1 amide bonds. The van der Waals surface area contributed by atoms with Crippen molar-refractivity contribution >= 4 is 17.7 Å². The molecule has 1 aliphatic carbocycles. The van der Waals surface area contributed by atoms with Crippen molar-refractivity contribution in [3.05, 3.63) is 41.9 Å². The van der Waals surface area contributed by atoms with Gasteiger partial charge < -0.3 is 15.2 Å². The van der Waals surface area contributed by atoms with Crippen LogP contribution in [0, 0.1) is 10.8 Å². The van der Waals surface area contributed by atoms with Crippen LogP contribution in [0.15, 0.2) is 36.8 Å². The molecule has 2 aromatic rings. The highest BCUT2D eigenvalue weighted by atomic mass is 35.5. The van der Waals surface area contributed by atoms with Crippen LogP contribution in [0.3, 0.4) is 0 Å². The average Bonchev–Trinajstić information content (AvgIpc) is 3.39. The molecule has 27 heavy (non-hydrogen) atoms. The van der Waals surface area contributed by atoms with Crippen molar-refractivity contribution in [2.45, 2.75) is 39.7 Å². The third kappa shape index (κ3) is 4.50. The quantitative estimate of drug-likeness (QED) is 0.703. The molecule has 144 valence electrons. The van der Waals surface area contributed by atoms with Gasteiger partial charge in [0.1, 0.15) is 10.9 Å². The van der Waals surface area contributed by atoms with Crippen LogP contribution in [0.25, 0.3) is 11.1 Å². The lowest BCUT2D eigenvalue weighted by atomic mass is 9.77. The number of carbonyl (C=O) groups is 1. The Morgan fingerprint density at radius 2 is 2.04 bits per heavy atom. The fourth-order valence-corrected chi connectivity index (χ4v) is 3.77. The molecule has 1 aliphatic rings. The number of carboxylic acid groups (broad SMARTS) is 1. The maximum Gasteiger partial charge on any atom is 0.404 e. The van der Waals surface area contributed by atoms with E-state index in [4.69, 9.17) is 16.3 Å². The minimum atomic E-state index is -1.01. The van der Waals surface area contributed by atoms with Crippen LogP contribution in [0.1, 0.15) is 33.6 Å². The first-order valence-corrected chi connectivity index (χ1v) is 9.27. The van der Waals surface area contributed by atoms with E-state index >= 15 is 0 Å². The third-order valence-electron chi connectivity index (χ3n) is 4.97. The van der Waals surface area contributed by atoms with Gasteiger partial charge in [0.15, 0.2) is 0 Å². The number of ether oxygens (including phenoxy) is 1. The molecular formula is C20H24ClN3O3. The first-order chi connectivity index (χ1) is 12.7. The molecule has 7 heteroatoms. The van der Waals surface area contributed by atoms with E-state index in [9.17, 15) is 9.90 Å². The van der Waals surface area contributed by atoms with E-state index in [1.54, 1.807) is 18.6 Å². The second kappa shape index (κ2) is 7.35. The van der Waals surface area contributed by atoms with Gasteiger partial charge in [-0.15, -0.1) is 0 Å². The molecule has 1 fully saturated rings. The smallest absolute Gasteiger partial charge is 0.404 e.